The van der Waals surface area contributed by atoms with Crippen molar-refractivity contribution in [2.75, 3.05) is 31.1 Å². The predicted octanol–water partition coefficient (Wildman–Crippen LogP) is 4.78. The van der Waals surface area contributed by atoms with Gasteiger partial charge in [-0.05, 0) is 76.1 Å². The molecule has 0 N–H and O–H groups in total. The Kier molecular flexibility index (Phi) is 8.20. The van der Waals surface area contributed by atoms with Gasteiger partial charge in [0.1, 0.15) is 17.1 Å². The van der Waals surface area contributed by atoms with Crippen molar-refractivity contribution in [2.24, 2.45) is 5.92 Å². The smallest absolute Gasteiger partial charge is 0.243 e. The van der Waals surface area contributed by atoms with Gasteiger partial charge in [-0.2, -0.15) is 9.40 Å². The molecular weight excluding hydrogens is 553 g/mol. The molecule has 9 nitrogen and oxygen atoms in total. The van der Waals surface area contributed by atoms with Gasteiger partial charge in [0.2, 0.25) is 15.9 Å². The highest BCUT2D eigenvalue weighted by atomic mass is 32.2. The highest BCUT2D eigenvalue weighted by molar-refractivity contribution is 7.89. The van der Waals surface area contributed by atoms with Crippen LogP contribution in [0.2, 0.25) is 0 Å². The predicted molar refractivity (Wildman–Crippen MR) is 153 cm³/mol. The number of fused-ring (bicyclic) bond motifs is 1. The fourth-order valence-corrected chi connectivity index (χ4v) is 7.57. The van der Waals surface area contributed by atoms with E-state index in [4.69, 9.17) is 9.72 Å². The number of nitrogens with zero attached hydrogens (tertiary/aromatic N) is 5. The summed E-state index contributed by atoms with van der Waals surface area (Å²) < 4.78 is 49.9. The molecule has 0 radical (unpaired) electrons. The number of piperidine rings is 1. The van der Waals surface area contributed by atoms with Crippen molar-refractivity contribution in [1.29, 1.82) is 0 Å². The Morgan fingerprint density at radius 1 is 1.20 bits per heavy atom. The minimum atomic E-state index is -3.87. The third kappa shape index (κ3) is 5.74. The molecule has 0 bridgehead atoms. The summed E-state index contributed by atoms with van der Waals surface area (Å²) in [7, 11) is -3.87. The molecule has 5 rings (SSSR count). The second-order valence-electron chi connectivity index (χ2n) is 9.83. The lowest BCUT2D eigenvalue weighted by molar-refractivity contribution is -0.123. The van der Waals surface area contributed by atoms with Crippen LogP contribution in [0.1, 0.15) is 31.2 Å². The number of amides is 1. The molecule has 212 valence electrons. The maximum atomic E-state index is 14.1. The van der Waals surface area contributed by atoms with Crippen molar-refractivity contribution >= 4 is 42.6 Å². The van der Waals surface area contributed by atoms with Gasteiger partial charge < -0.3 is 4.74 Å². The maximum Gasteiger partial charge on any atom is 0.243 e. The second kappa shape index (κ2) is 11.6. The minimum absolute atomic E-state index is 0.0120. The van der Waals surface area contributed by atoms with Gasteiger partial charge >= 0.3 is 0 Å². The number of thiazole rings is 1. The van der Waals surface area contributed by atoms with Crippen LogP contribution in [0.15, 0.2) is 53.4 Å². The average molecular weight is 586 g/mol. The number of rotatable bonds is 9. The standard InChI is InChI=1S/C28H32FN5O4S2/c1-4-38-24-8-5-9-25-26(24)30-28(39-25)33(15-16-34-20(3)17-19(2)31-34)27(35)21-7-6-14-32(18-21)40(36,37)23-12-10-22(29)11-13-23/h5,8-13,17,21H,4,6-7,14-16,18H2,1-3H3. The lowest BCUT2D eigenvalue weighted by Crippen LogP contribution is -2.47. The summed E-state index contributed by atoms with van der Waals surface area (Å²) in [6.45, 7) is 7.43. The van der Waals surface area contributed by atoms with Crippen LogP contribution in [-0.4, -0.2) is 59.6 Å². The van der Waals surface area contributed by atoms with E-state index in [-0.39, 0.29) is 17.3 Å². The number of sulfonamides is 1. The van der Waals surface area contributed by atoms with E-state index in [1.54, 1.807) is 4.90 Å². The molecular formula is C28H32FN5O4S2. The van der Waals surface area contributed by atoms with Crippen molar-refractivity contribution in [3.63, 3.8) is 0 Å². The molecule has 0 saturated carbocycles. The normalized spacial score (nSPS) is 16.4. The van der Waals surface area contributed by atoms with Crippen molar-refractivity contribution in [3.05, 3.63) is 65.7 Å². The van der Waals surface area contributed by atoms with Crippen LogP contribution in [0, 0.1) is 25.6 Å². The van der Waals surface area contributed by atoms with Crippen LogP contribution in [0.5, 0.6) is 5.75 Å². The molecule has 1 aliphatic rings. The molecule has 1 atom stereocenters. The number of carbonyl (C=O) groups excluding carboxylic acids is 1. The lowest BCUT2D eigenvalue weighted by Gasteiger charge is -2.33. The first-order valence-electron chi connectivity index (χ1n) is 13.3. The number of aromatic nitrogens is 3. The number of para-hydroxylation sites is 1. The number of ether oxygens (including phenoxy) is 1. The Morgan fingerprint density at radius 2 is 1.98 bits per heavy atom. The second-order valence-corrected chi connectivity index (χ2v) is 12.8. The lowest BCUT2D eigenvalue weighted by atomic mass is 9.98. The van der Waals surface area contributed by atoms with E-state index in [0.717, 1.165) is 28.2 Å². The monoisotopic (exact) mass is 585 g/mol. The largest absolute Gasteiger partial charge is 0.492 e. The first-order valence-corrected chi connectivity index (χ1v) is 15.5. The van der Waals surface area contributed by atoms with E-state index < -0.39 is 21.8 Å². The maximum absolute atomic E-state index is 14.1. The van der Waals surface area contributed by atoms with Gasteiger partial charge in [-0.25, -0.2) is 17.8 Å². The molecule has 40 heavy (non-hydrogen) atoms. The van der Waals surface area contributed by atoms with Gasteiger partial charge in [0, 0.05) is 25.3 Å². The molecule has 2 aromatic carbocycles. The van der Waals surface area contributed by atoms with E-state index in [0.29, 0.717) is 55.5 Å². The van der Waals surface area contributed by atoms with Gasteiger partial charge in [-0.3, -0.25) is 14.4 Å². The van der Waals surface area contributed by atoms with Gasteiger partial charge in [0.05, 0.1) is 34.4 Å². The Morgan fingerprint density at radius 3 is 2.67 bits per heavy atom. The van der Waals surface area contributed by atoms with Gasteiger partial charge in [-0.1, -0.05) is 17.4 Å². The van der Waals surface area contributed by atoms with Crippen molar-refractivity contribution in [2.45, 2.75) is 45.1 Å². The van der Waals surface area contributed by atoms with E-state index in [2.05, 4.69) is 5.10 Å². The van der Waals surface area contributed by atoms with Crippen molar-refractivity contribution < 1.29 is 22.3 Å². The molecule has 4 aromatic rings. The van der Waals surface area contributed by atoms with E-state index in [1.807, 2.05) is 49.7 Å². The fraction of sp³-hybridized carbons (Fsp3) is 0.393. The number of carbonyl (C=O) groups is 1. The van der Waals surface area contributed by atoms with Crippen LogP contribution < -0.4 is 9.64 Å². The fourth-order valence-electron chi connectivity index (χ4n) is 5.03. The highest BCUT2D eigenvalue weighted by Gasteiger charge is 2.36. The molecule has 1 saturated heterocycles. The molecule has 0 spiro atoms. The summed E-state index contributed by atoms with van der Waals surface area (Å²) in [5.74, 6) is -0.588. The molecule has 1 aliphatic heterocycles. The van der Waals surface area contributed by atoms with Crippen LogP contribution in [0.3, 0.4) is 0 Å². The quantitative estimate of drug-likeness (QED) is 0.280. The van der Waals surface area contributed by atoms with Gasteiger partial charge in [0.25, 0.3) is 0 Å². The average Bonchev–Trinajstić information content (AvgIpc) is 3.51. The van der Waals surface area contributed by atoms with Crippen molar-refractivity contribution in [3.8, 4) is 5.75 Å². The van der Waals surface area contributed by atoms with E-state index in [9.17, 15) is 17.6 Å². The Balaban J connectivity index is 1.44. The highest BCUT2D eigenvalue weighted by Crippen LogP contribution is 2.36. The zero-order valence-electron chi connectivity index (χ0n) is 22.7. The zero-order chi connectivity index (χ0) is 28.4. The number of hydrogen-bond acceptors (Lipinski definition) is 7. The van der Waals surface area contributed by atoms with E-state index >= 15 is 0 Å². The van der Waals surface area contributed by atoms with Gasteiger partial charge in [0.15, 0.2) is 5.13 Å². The number of halogens is 1. The number of benzene rings is 2. The van der Waals surface area contributed by atoms with Crippen LogP contribution in [-0.2, 0) is 21.4 Å². The number of anilines is 1. The first-order chi connectivity index (χ1) is 19.2. The third-order valence-electron chi connectivity index (χ3n) is 6.99. The minimum Gasteiger partial charge on any atom is -0.492 e. The molecule has 2 aromatic heterocycles. The Labute approximate surface area is 237 Å². The number of hydrogen-bond donors (Lipinski definition) is 0. The van der Waals surface area contributed by atoms with Gasteiger partial charge in [-0.15, -0.1) is 0 Å². The Bertz CT molecular complexity index is 1620. The molecule has 12 heteroatoms. The molecule has 0 aliphatic carbocycles. The summed E-state index contributed by atoms with van der Waals surface area (Å²) in [6.07, 6.45) is 1.09. The third-order valence-corrected chi connectivity index (χ3v) is 9.91. The zero-order valence-corrected chi connectivity index (χ0v) is 24.3. The van der Waals surface area contributed by atoms with Crippen LogP contribution >= 0.6 is 11.3 Å². The Hall–Kier alpha value is -3.35. The summed E-state index contributed by atoms with van der Waals surface area (Å²) in [6, 6.07) is 12.5. The first kappa shape index (κ1) is 28.2. The van der Waals surface area contributed by atoms with Crippen LogP contribution in [0.4, 0.5) is 9.52 Å². The summed E-state index contributed by atoms with van der Waals surface area (Å²) >= 11 is 1.40. The van der Waals surface area contributed by atoms with Crippen molar-refractivity contribution in [1.82, 2.24) is 19.1 Å². The summed E-state index contributed by atoms with van der Waals surface area (Å²) in [5, 5.41) is 5.07. The van der Waals surface area contributed by atoms with E-state index in [1.165, 1.54) is 27.8 Å². The summed E-state index contributed by atoms with van der Waals surface area (Å²) in [5.41, 5.74) is 2.57. The molecule has 1 unspecified atom stereocenters. The molecule has 3 heterocycles. The number of aryl methyl sites for hydroxylation is 2. The molecule has 1 fully saturated rings. The SMILES string of the molecule is CCOc1cccc2sc(N(CCn3nc(C)cc3C)C(=O)C3CCCN(S(=O)(=O)c4ccc(F)cc4)C3)nc12. The molecule has 1 amide bonds. The van der Waals surface area contributed by atoms with Crippen LogP contribution in [0.25, 0.3) is 10.2 Å². The summed E-state index contributed by atoms with van der Waals surface area (Å²) in [4.78, 5) is 20.6. The topological polar surface area (TPSA) is 97.6 Å².